The molecule has 8 nitrogen and oxygen atoms in total. The van der Waals surface area contributed by atoms with Gasteiger partial charge in [-0.25, -0.2) is 26.3 Å². The van der Waals surface area contributed by atoms with Crippen LogP contribution in [-0.4, -0.2) is 42.5 Å². The number of amides is 1. The average molecular weight is 451 g/mol. The lowest BCUT2D eigenvalue weighted by atomic mass is 10.2. The minimum absolute atomic E-state index is 0.0261. The summed E-state index contributed by atoms with van der Waals surface area (Å²) in [6.07, 6.45) is -4.73. The molecule has 0 aliphatic heterocycles. The van der Waals surface area contributed by atoms with E-state index in [1.807, 2.05) is 0 Å². The maximum Gasteiger partial charge on any atom is 0.402 e. The van der Waals surface area contributed by atoms with Crippen molar-refractivity contribution >= 4 is 31.6 Å². The van der Waals surface area contributed by atoms with Gasteiger partial charge in [0.2, 0.25) is 20.0 Å². The number of hydrogen-bond donors (Lipinski definition) is 3. The third kappa shape index (κ3) is 6.25. The molecule has 0 atom stereocenters. The molecule has 0 fully saturated rings. The summed E-state index contributed by atoms with van der Waals surface area (Å²) in [4.78, 5) is 11.8. The molecule has 0 aliphatic carbocycles. The summed E-state index contributed by atoms with van der Waals surface area (Å²) in [5.41, 5.74) is 0.111. The average Bonchev–Trinajstić information content (AvgIpc) is 2.66. The lowest BCUT2D eigenvalue weighted by Gasteiger charge is -2.11. The van der Waals surface area contributed by atoms with E-state index in [9.17, 15) is 34.8 Å². The summed E-state index contributed by atoms with van der Waals surface area (Å²) >= 11 is 0. The van der Waals surface area contributed by atoms with Crippen molar-refractivity contribution in [2.75, 3.05) is 18.9 Å². The quantitative estimate of drug-likeness (QED) is 0.592. The number of benzene rings is 2. The van der Waals surface area contributed by atoms with E-state index in [-0.39, 0.29) is 16.1 Å². The van der Waals surface area contributed by atoms with Crippen molar-refractivity contribution in [2.24, 2.45) is 0 Å². The molecule has 1 amide bonds. The normalized spacial score (nSPS) is 12.6. The molecule has 0 unspecified atom stereocenters. The number of carbonyl (C=O) groups excluding carboxylic acids is 1. The Hall–Kier alpha value is -2.48. The number of halogens is 3. The predicted molar refractivity (Wildman–Crippen MR) is 98.3 cm³/mol. The first kappa shape index (κ1) is 22.8. The van der Waals surface area contributed by atoms with E-state index in [4.69, 9.17) is 0 Å². The van der Waals surface area contributed by atoms with Crippen molar-refractivity contribution in [3.8, 4) is 0 Å². The Labute approximate surface area is 165 Å². The topological polar surface area (TPSA) is 121 Å². The Balaban J connectivity index is 2.17. The minimum atomic E-state index is -4.73. The van der Waals surface area contributed by atoms with Crippen LogP contribution >= 0.6 is 0 Å². The minimum Gasteiger partial charge on any atom is -0.322 e. The van der Waals surface area contributed by atoms with Crippen LogP contribution in [0.3, 0.4) is 0 Å². The van der Waals surface area contributed by atoms with Crippen molar-refractivity contribution in [2.45, 2.75) is 16.0 Å². The third-order valence-corrected chi connectivity index (χ3v) is 6.39. The largest absolute Gasteiger partial charge is 0.402 e. The highest BCUT2D eigenvalue weighted by atomic mass is 32.2. The first-order valence-corrected chi connectivity index (χ1v) is 10.8. The van der Waals surface area contributed by atoms with Crippen LogP contribution in [0, 0.1) is 0 Å². The molecule has 158 valence electrons. The monoisotopic (exact) mass is 451 g/mol. The molecule has 13 heteroatoms. The van der Waals surface area contributed by atoms with Gasteiger partial charge in [0.25, 0.3) is 5.91 Å². The van der Waals surface area contributed by atoms with Crippen molar-refractivity contribution in [1.29, 1.82) is 0 Å². The molecule has 2 aromatic carbocycles. The number of rotatable bonds is 7. The van der Waals surface area contributed by atoms with Gasteiger partial charge < -0.3 is 5.32 Å². The zero-order chi connectivity index (χ0) is 21.9. The summed E-state index contributed by atoms with van der Waals surface area (Å²) in [7, 11) is -6.88. The van der Waals surface area contributed by atoms with Gasteiger partial charge in [0.1, 0.15) is 6.54 Å². The van der Waals surface area contributed by atoms with Gasteiger partial charge in [-0.05, 0) is 49.5 Å². The number of alkyl halides is 3. The summed E-state index contributed by atoms with van der Waals surface area (Å²) in [5, 5.41) is 2.44. The number of carbonyl (C=O) groups is 1. The summed E-state index contributed by atoms with van der Waals surface area (Å²) in [6.45, 7) is -1.74. The Morgan fingerprint density at radius 3 is 2.10 bits per heavy atom. The Morgan fingerprint density at radius 1 is 0.931 bits per heavy atom. The van der Waals surface area contributed by atoms with Crippen LogP contribution in [0.15, 0.2) is 58.3 Å². The molecule has 2 rings (SSSR count). The lowest BCUT2D eigenvalue weighted by molar-refractivity contribution is -0.121. The maximum absolute atomic E-state index is 12.3. The fraction of sp³-hybridized carbons (Fsp3) is 0.188. The molecule has 0 saturated carbocycles. The van der Waals surface area contributed by atoms with Crippen LogP contribution in [0.4, 0.5) is 18.9 Å². The van der Waals surface area contributed by atoms with E-state index < -0.39 is 43.6 Å². The van der Waals surface area contributed by atoms with E-state index in [0.29, 0.717) is 0 Å². The molecule has 29 heavy (non-hydrogen) atoms. The van der Waals surface area contributed by atoms with Crippen LogP contribution in [0.5, 0.6) is 0 Å². The smallest absolute Gasteiger partial charge is 0.322 e. The molecular weight excluding hydrogens is 435 g/mol. The summed E-state index contributed by atoms with van der Waals surface area (Å²) in [6, 6.07) is 9.62. The highest BCUT2D eigenvalue weighted by Gasteiger charge is 2.30. The van der Waals surface area contributed by atoms with Crippen molar-refractivity contribution in [1.82, 2.24) is 9.44 Å². The molecule has 0 radical (unpaired) electrons. The maximum atomic E-state index is 12.3. The number of sulfonamides is 2. The Kier molecular flexibility index (Phi) is 6.67. The highest BCUT2D eigenvalue weighted by Crippen LogP contribution is 2.18. The summed E-state index contributed by atoms with van der Waals surface area (Å²) in [5.74, 6) is -0.734. The fourth-order valence-electron chi connectivity index (χ4n) is 2.10. The number of nitrogens with one attached hydrogen (secondary N) is 3. The first-order chi connectivity index (χ1) is 13.3. The van der Waals surface area contributed by atoms with Gasteiger partial charge in [0.15, 0.2) is 0 Å². The molecule has 0 aromatic heterocycles. The fourth-order valence-corrected chi connectivity index (χ4v) is 3.89. The van der Waals surface area contributed by atoms with Gasteiger partial charge in [0, 0.05) is 11.3 Å². The van der Waals surface area contributed by atoms with Crippen LogP contribution in [-0.2, 0) is 20.0 Å². The predicted octanol–water partition coefficient (Wildman–Crippen LogP) is 1.69. The molecule has 2 aromatic rings. The molecule has 3 N–H and O–H groups in total. The van der Waals surface area contributed by atoms with Gasteiger partial charge in [-0.15, -0.1) is 0 Å². The molecule has 0 spiro atoms. The van der Waals surface area contributed by atoms with E-state index >= 15 is 0 Å². The third-order valence-electron chi connectivity index (χ3n) is 3.56. The Morgan fingerprint density at radius 2 is 1.55 bits per heavy atom. The Bertz CT molecular complexity index is 1100. The number of anilines is 1. The zero-order valence-electron chi connectivity index (χ0n) is 14.8. The lowest BCUT2D eigenvalue weighted by Crippen LogP contribution is -2.33. The van der Waals surface area contributed by atoms with Crippen LogP contribution in [0.2, 0.25) is 0 Å². The second-order valence-corrected chi connectivity index (χ2v) is 9.31. The van der Waals surface area contributed by atoms with Crippen LogP contribution < -0.4 is 14.8 Å². The van der Waals surface area contributed by atoms with Crippen LogP contribution in [0.25, 0.3) is 0 Å². The zero-order valence-corrected chi connectivity index (χ0v) is 16.5. The van der Waals surface area contributed by atoms with E-state index in [1.54, 1.807) is 0 Å². The molecule has 0 heterocycles. The number of hydrogen-bond acceptors (Lipinski definition) is 5. The second kappa shape index (κ2) is 8.49. The van der Waals surface area contributed by atoms with Crippen molar-refractivity contribution < 1.29 is 34.8 Å². The van der Waals surface area contributed by atoms with Crippen molar-refractivity contribution in [3.63, 3.8) is 0 Å². The van der Waals surface area contributed by atoms with Gasteiger partial charge in [0.05, 0.1) is 9.79 Å². The second-order valence-electron chi connectivity index (χ2n) is 5.65. The van der Waals surface area contributed by atoms with Gasteiger partial charge in [-0.3, -0.25) is 4.79 Å². The van der Waals surface area contributed by atoms with E-state index in [0.717, 1.165) is 12.1 Å². The molecule has 0 aliphatic rings. The highest BCUT2D eigenvalue weighted by molar-refractivity contribution is 7.89. The molecular formula is C16H16F3N3O5S2. The van der Waals surface area contributed by atoms with E-state index in [1.165, 1.54) is 48.2 Å². The van der Waals surface area contributed by atoms with Gasteiger partial charge in [-0.2, -0.15) is 13.2 Å². The first-order valence-electron chi connectivity index (χ1n) is 7.85. The molecule has 0 bridgehead atoms. The van der Waals surface area contributed by atoms with Gasteiger partial charge >= 0.3 is 6.18 Å². The standard InChI is InChI=1S/C16H16F3N3O5S2/c1-20-28(24,25)13-7-5-12(6-8-13)22-15(23)11-3-2-4-14(9-11)29(26,27)21-10-16(17,18)19/h2-9,20-21H,10H2,1H3,(H,22,23). The van der Waals surface area contributed by atoms with Crippen molar-refractivity contribution in [3.05, 3.63) is 54.1 Å². The summed E-state index contributed by atoms with van der Waals surface area (Å²) < 4.78 is 87.6. The van der Waals surface area contributed by atoms with Crippen LogP contribution in [0.1, 0.15) is 10.4 Å². The molecule has 0 saturated heterocycles. The van der Waals surface area contributed by atoms with E-state index in [2.05, 4.69) is 10.0 Å². The SMILES string of the molecule is CNS(=O)(=O)c1ccc(NC(=O)c2cccc(S(=O)(=O)NCC(F)(F)F)c2)cc1. The van der Waals surface area contributed by atoms with Gasteiger partial charge in [-0.1, -0.05) is 6.07 Å².